The van der Waals surface area contributed by atoms with E-state index in [1.54, 1.807) is 53.7 Å². The van der Waals surface area contributed by atoms with Crippen molar-refractivity contribution in [1.82, 2.24) is 24.7 Å². The number of halogens is 2. The van der Waals surface area contributed by atoms with E-state index in [1.807, 2.05) is 0 Å². The number of fused-ring (bicyclic) bond motifs is 1. The van der Waals surface area contributed by atoms with E-state index in [2.05, 4.69) is 15.1 Å². The fourth-order valence-electron chi connectivity index (χ4n) is 4.65. The Hall–Kier alpha value is -4.53. The second kappa shape index (κ2) is 12.8. The molecule has 0 aliphatic carbocycles. The van der Waals surface area contributed by atoms with Crippen LogP contribution in [0.1, 0.15) is 11.1 Å². The van der Waals surface area contributed by atoms with Crippen molar-refractivity contribution in [3.63, 3.8) is 0 Å². The van der Waals surface area contributed by atoms with Crippen LogP contribution in [0.5, 0.6) is 5.75 Å². The number of hydrogen-bond acceptors (Lipinski definition) is 10. The lowest BCUT2D eigenvalue weighted by Crippen LogP contribution is -2.24. The number of pyridine rings is 1. The molecule has 0 saturated heterocycles. The molecule has 5 aromatic rings. The molecule has 0 fully saturated rings. The molecule has 2 N–H and O–H groups in total. The summed E-state index contributed by atoms with van der Waals surface area (Å²) >= 11 is 0. The van der Waals surface area contributed by atoms with Crippen molar-refractivity contribution < 1.29 is 32.1 Å². The molecule has 11 nitrogen and oxygen atoms in total. The van der Waals surface area contributed by atoms with E-state index in [4.69, 9.17) is 14.8 Å². The van der Waals surface area contributed by atoms with Crippen LogP contribution in [-0.2, 0) is 22.1 Å². The largest absolute Gasteiger partial charge is 0.491 e. The highest BCUT2D eigenvalue weighted by Crippen LogP contribution is 2.32. The molecule has 0 amide bonds. The second-order valence-corrected chi connectivity index (χ2v) is 11.8. The molecule has 5 rings (SSSR count). The van der Waals surface area contributed by atoms with Crippen LogP contribution in [-0.4, -0.2) is 76.0 Å². The average molecular weight is 611 g/mol. The number of nitrogens with zero attached hydrogens (tertiary/aromatic N) is 6. The minimum absolute atomic E-state index is 0.0458. The Labute approximate surface area is 246 Å². The summed E-state index contributed by atoms with van der Waals surface area (Å²) in [5, 5.41) is 24.0. The van der Waals surface area contributed by atoms with Gasteiger partial charge in [-0.15, -0.1) is 0 Å². The number of anilines is 2. The van der Waals surface area contributed by atoms with Crippen molar-refractivity contribution in [3.05, 3.63) is 89.9 Å². The third-order valence-electron chi connectivity index (χ3n) is 6.47. The highest BCUT2D eigenvalue weighted by molar-refractivity contribution is 7.89. The second-order valence-electron chi connectivity index (χ2n) is 9.65. The van der Waals surface area contributed by atoms with Gasteiger partial charge in [-0.1, -0.05) is 18.2 Å². The van der Waals surface area contributed by atoms with Gasteiger partial charge in [0.2, 0.25) is 0 Å². The number of sulfone groups is 1. The number of aliphatic hydroxyl groups excluding tert-OH is 2. The maximum Gasteiger partial charge on any atom is 0.182 e. The Balaban J connectivity index is 1.62. The van der Waals surface area contributed by atoms with E-state index < -0.39 is 21.5 Å². The van der Waals surface area contributed by atoms with Crippen molar-refractivity contribution in [2.24, 2.45) is 0 Å². The monoisotopic (exact) mass is 610 g/mol. The quantitative estimate of drug-likeness (QED) is 0.216. The fourth-order valence-corrected chi connectivity index (χ4v) is 5.42. The van der Waals surface area contributed by atoms with Crippen molar-refractivity contribution >= 4 is 32.2 Å². The first kappa shape index (κ1) is 29.9. The lowest BCUT2D eigenvalue weighted by molar-refractivity contribution is 0.200. The molecule has 0 atom stereocenters. The molecule has 224 valence electrons. The Bertz CT molecular complexity index is 1830. The maximum atomic E-state index is 15.0. The van der Waals surface area contributed by atoms with Gasteiger partial charge in [-0.05, 0) is 18.2 Å². The van der Waals surface area contributed by atoms with Crippen LogP contribution in [0.25, 0.3) is 22.4 Å². The zero-order chi connectivity index (χ0) is 30.6. The zero-order valence-electron chi connectivity index (χ0n) is 23.1. The number of hydrogen-bond donors (Lipinski definition) is 2. The summed E-state index contributed by atoms with van der Waals surface area (Å²) in [5.41, 5.74) is 1.56. The fraction of sp³-hybridized carbons (Fsp3) is 0.241. The molecule has 0 bridgehead atoms. The van der Waals surface area contributed by atoms with E-state index in [9.17, 15) is 22.3 Å². The predicted molar refractivity (Wildman–Crippen MR) is 156 cm³/mol. The van der Waals surface area contributed by atoms with E-state index in [-0.39, 0.29) is 61.6 Å². The van der Waals surface area contributed by atoms with Crippen LogP contribution < -0.4 is 9.64 Å². The van der Waals surface area contributed by atoms with Gasteiger partial charge in [0.25, 0.3) is 0 Å². The van der Waals surface area contributed by atoms with Gasteiger partial charge in [0.1, 0.15) is 35.5 Å². The van der Waals surface area contributed by atoms with E-state index in [0.29, 0.717) is 27.8 Å². The minimum Gasteiger partial charge on any atom is -0.491 e. The third-order valence-corrected chi connectivity index (χ3v) is 7.30. The number of aromatic nitrogens is 5. The first-order chi connectivity index (χ1) is 20.7. The smallest absolute Gasteiger partial charge is 0.182 e. The summed E-state index contributed by atoms with van der Waals surface area (Å²) in [6.07, 6.45) is 5.64. The van der Waals surface area contributed by atoms with Gasteiger partial charge in [0, 0.05) is 65.7 Å². The first-order valence-corrected chi connectivity index (χ1v) is 15.2. The van der Waals surface area contributed by atoms with Crippen LogP contribution in [0.4, 0.5) is 20.3 Å². The molecule has 0 spiro atoms. The normalized spacial score (nSPS) is 11.7. The predicted octanol–water partition coefficient (Wildman–Crippen LogP) is 3.26. The van der Waals surface area contributed by atoms with E-state index in [1.165, 1.54) is 10.9 Å². The molecule has 3 aromatic heterocycles. The molecule has 0 saturated carbocycles. The minimum atomic E-state index is -3.48. The third kappa shape index (κ3) is 6.77. The SMILES string of the molecule is CS(=O)(=O)Cc1cnc(-c2nn(Cc3c(F)cc(OCCO)cc3F)c3ccccc23)nc1N(CCO)c1ccncc1. The molecule has 14 heteroatoms. The molecule has 43 heavy (non-hydrogen) atoms. The van der Waals surface area contributed by atoms with Crippen LogP contribution >= 0.6 is 0 Å². The molecule has 2 aromatic carbocycles. The average Bonchev–Trinajstić information content (AvgIpc) is 3.35. The Morgan fingerprint density at radius 2 is 1.74 bits per heavy atom. The van der Waals surface area contributed by atoms with Crippen LogP contribution in [0.15, 0.2) is 67.1 Å². The van der Waals surface area contributed by atoms with Crippen LogP contribution in [0.3, 0.4) is 0 Å². The Kier molecular flexibility index (Phi) is 8.89. The van der Waals surface area contributed by atoms with E-state index in [0.717, 1.165) is 18.4 Å². The summed E-state index contributed by atoms with van der Waals surface area (Å²) in [6, 6.07) is 12.6. The van der Waals surface area contributed by atoms with Crippen molar-refractivity contribution in [3.8, 4) is 17.3 Å². The Morgan fingerprint density at radius 3 is 2.42 bits per heavy atom. The molecule has 0 aliphatic heterocycles. The molecular formula is C29H28F2N6O5S. The molecular weight excluding hydrogens is 582 g/mol. The molecule has 0 aliphatic rings. The van der Waals surface area contributed by atoms with Gasteiger partial charge >= 0.3 is 0 Å². The van der Waals surface area contributed by atoms with Crippen LogP contribution in [0, 0.1) is 11.6 Å². The van der Waals surface area contributed by atoms with Gasteiger partial charge in [-0.25, -0.2) is 27.2 Å². The highest BCUT2D eigenvalue weighted by atomic mass is 32.2. The van der Waals surface area contributed by atoms with Crippen LogP contribution in [0.2, 0.25) is 0 Å². The molecule has 3 heterocycles. The van der Waals surface area contributed by atoms with Gasteiger partial charge < -0.3 is 19.8 Å². The number of aliphatic hydroxyl groups is 2. The maximum absolute atomic E-state index is 15.0. The number of benzene rings is 2. The summed E-state index contributed by atoms with van der Waals surface area (Å²) in [7, 11) is -3.48. The molecule has 0 unspecified atom stereocenters. The first-order valence-electron chi connectivity index (χ1n) is 13.2. The standard InChI is InChI=1S/C29H28F2N6O5S/c1-43(40,41)18-19-16-33-28(34-29(19)36(10-11-38)20-6-8-32-9-7-20)27-22-4-2-3-5-26(22)37(35-27)17-23-24(30)14-21(15-25(23)31)42-13-12-39/h2-9,14-16,38-39H,10-13,17-18H2,1H3. The van der Waals surface area contributed by atoms with Gasteiger partial charge in [-0.2, -0.15) is 5.10 Å². The summed E-state index contributed by atoms with van der Waals surface area (Å²) in [6.45, 7) is -0.813. The summed E-state index contributed by atoms with van der Waals surface area (Å²) < 4.78 is 61.1. The van der Waals surface area contributed by atoms with Crippen molar-refractivity contribution in [2.75, 3.05) is 37.5 Å². The zero-order valence-corrected chi connectivity index (χ0v) is 23.9. The number of rotatable bonds is 12. The lowest BCUT2D eigenvalue weighted by atomic mass is 10.1. The number of para-hydroxylation sites is 1. The van der Waals surface area contributed by atoms with E-state index >= 15 is 0 Å². The summed E-state index contributed by atoms with van der Waals surface area (Å²) in [5.74, 6) is -1.67. The topological polar surface area (TPSA) is 144 Å². The van der Waals surface area contributed by atoms with Gasteiger partial charge in [0.05, 0.1) is 31.0 Å². The summed E-state index contributed by atoms with van der Waals surface area (Å²) in [4.78, 5) is 14.9. The molecule has 0 radical (unpaired) electrons. The lowest BCUT2D eigenvalue weighted by Gasteiger charge is -2.25. The van der Waals surface area contributed by atoms with Gasteiger partial charge in [0.15, 0.2) is 15.7 Å². The van der Waals surface area contributed by atoms with Crippen molar-refractivity contribution in [2.45, 2.75) is 12.3 Å². The van der Waals surface area contributed by atoms with Gasteiger partial charge in [-0.3, -0.25) is 9.67 Å². The van der Waals surface area contributed by atoms with Crippen molar-refractivity contribution in [1.29, 1.82) is 0 Å². The highest BCUT2D eigenvalue weighted by Gasteiger charge is 2.23. The Morgan fingerprint density at radius 1 is 1.02 bits per heavy atom. The number of ether oxygens (including phenoxy) is 1.